The number of hydrogen-bond donors (Lipinski definition) is 1. The standard InChI is InChI=1S/C26H31N3/c1-4-19-9-12-23(29-18-19)20-10-11-21(26(3,5-2)17-20)7-6-8-24-22-13-15-27-25(22)14-16-28-24/h1,9,12-16,18,20-21,27H,5-8,10-11,17H2,2-3H3/t20?,21-,26+/m1/s1. The number of aryl methyl sites for hydroxylation is 1. The lowest BCUT2D eigenvalue weighted by Crippen LogP contribution is -2.34. The van der Waals surface area contributed by atoms with Crippen LogP contribution in [0.25, 0.3) is 10.9 Å². The molecule has 1 aliphatic carbocycles. The molecule has 0 amide bonds. The van der Waals surface area contributed by atoms with Gasteiger partial charge in [-0.2, -0.15) is 0 Å². The molecule has 29 heavy (non-hydrogen) atoms. The molecular formula is C26H31N3. The summed E-state index contributed by atoms with van der Waals surface area (Å²) in [6, 6.07) is 8.38. The second-order valence-corrected chi connectivity index (χ2v) is 8.89. The van der Waals surface area contributed by atoms with Gasteiger partial charge in [-0.25, -0.2) is 0 Å². The summed E-state index contributed by atoms with van der Waals surface area (Å²) in [6.45, 7) is 4.84. The van der Waals surface area contributed by atoms with Crippen molar-refractivity contribution in [3.8, 4) is 12.3 Å². The minimum absolute atomic E-state index is 0.378. The molecule has 0 radical (unpaired) electrons. The van der Waals surface area contributed by atoms with Crippen LogP contribution in [0.3, 0.4) is 0 Å². The van der Waals surface area contributed by atoms with E-state index in [1.54, 1.807) is 0 Å². The molecule has 0 bridgehead atoms. The fourth-order valence-corrected chi connectivity index (χ4v) is 5.25. The van der Waals surface area contributed by atoms with E-state index < -0.39 is 0 Å². The number of H-pyrrole nitrogens is 1. The number of nitrogens with one attached hydrogen (secondary N) is 1. The lowest BCUT2D eigenvalue weighted by Gasteiger charge is -2.44. The summed E-state index contributed by atoms with van der Waals surface area (Å²) >= 11 is 0. The number of rotatable bonds is 6. The Hall–Kier alpha value is -2.60. The van der Waals surface area contributed by atoms with Gasteiger partial charge in [0.1, 0.15) is 0 Å². The molecule has 150 valence electrons. The monoisotopic (exact) mass is 385 g/mol. The van der Waals surface area contributed by atoms with Crippen LogP contribution in [0.4, 0.5) is 0 Å². The lowest BCUT2D eigenvalue weighted by atomic mass is 9.61. The maximum Gasteiger partial charge on any atom is 0.0497 e. The Labute approximate surface area is 174 Å². The first-order valence-electron chi connectivity index (χ1n) is 11.0. The molecular weight excluding hydrogens is 354 g/mol. The van der Waals surface area contributed by atoms with Gasteiger partial charge < -0.3 is 4.98 Å². The van der Waals surface area contributed by atoms with Crippen molar-refractivity contribution >= 4 is 10.9 Å². The Morgan fingerprint density at radius 1 is 1.21 bits per heavy atom. The number of hydrogen-bond acceptors (Lipinski definition) is 2. The highest BCUT2D eigenvalue weighted by Crippen LogP contribution is 2.50. The van der Waals surface area contributed by atoms with Crippen molar-refractivity contribution in [1.29, 1.82) is 0 Å². The third kappa shape index (κ3) is 4.08. The smallest absolute Gasteiger partial charge is 0.0497 e. The molecule has 1 aliphatic rings. The Morgan fingerprint density at radius 3 is 2.86 bits per heavy atom. The molecule has 3 aromatic rings. The SMILES string of the molecule is C#Cc1ccc(C2CC[C@@H](CCCc3nccc4[nH]ccc34)[C@@](C)(CC)C2)nc1. The summed E-state index contributed by atoms with van der Waals surface area (Å²) < 4.78 is 0. The van der Waals surface area contributed by atoms with Crippen LogP contribution < -0.4 is 0 Å². The molecule has 1 N–H and O–H groups in total. The van der Waals surface area contributed by atoms with Crippen LogP contribution in [0.5, 0.6) is 0 Å². The first-order valence-corrected chi connectivity index (χ1v) is 11.0. The van der Waals surface area contributed by atoms with E-state index in [-0.39, 0.29) is 0 Å². The lowest BCUT2D eigenvalue weighted by molar-refractivity contribution is 0.0853. The largest absolute Gasteiger partial charge is 0.361 e. The van der Waals surface area contributed by atoms with Gasteiger partial charge in [0.25, 0.3) is 0 Å². The highest BCUT2D eigenvalue weighted by Gasteiger charge is 2.39. The number of fused-ring (bicyclic) bond motifs is 1. The van der Waals surface area contributed by atoms with Gasteiger partial charge in [-0.15, -0.1) is 6.42 Å². The van der Waals surface area contributed by atoms with Crippen LogP contribution in [0.1, 0.15) is 75.2 Å². The number of aromatic nitrogens is 3. The number of nitrogens with zero attached hydrogens (tertiary/aromatic N) is 2. The quantitative estimate of drug-likeness (QED) is 0.509. The second kappa shape index (κ2) is 8.41. The first-order chi connectivity index (χ1) is 14.1. The predicted octanol–water partition coefficient (Wildman–Crippen LogP) is 6.26. The molecule has 1 fully saturated rings. The molecule has 1 saturated carbocycles. The van der Waals surface area contributed by atoms with E-state index in [9.17, 15) is 0 Å². The van der Waals surface area contributed by atoms with E-state index >= 15 is 0 Å². The average Bonchev–Trinajstić information content (AvgIpc) is 3.25. The van der Waals surface area contributed by atoms with E-state index in [0.29, 0.717) is 11.3 Å². The fourth-order valence-electron chi connectivity index (χ4n) is 5.25. The fraction of sp³-hybridized carbons (Fsp3) is 0.462. The topological polar surface area (TPSA) is 41.6 Å². The molecule has 0 aromatic carbocycles. The van der Waals surface area contributed by atoms with Crippen molar-refractivity contribution in [3.63, 3.8) is 0 Å². The van der Waals surface area contributed by atoms with Crippen molar-refractivity contribution in [3.05, 3.63) is 59.8 Å². The second-order valence-electron chi connectivity index (χ2n) is 8.89. The van der Waals surface area contributed by atoms with Crippen LogP contribution in [-0.2, 0) is 6.42 Å². The Morgan fingerprint density at radius 2 is 2.10 bits per heavy atom. The molecule has 1 unspecified atom stereocenters. The van der Waals surface area contributed by atoms with E-state index in [1.165, 1.54) is 60.8 Å². The molecule has 0 saturated heterocycles. The molecule has 0 aliphatic heterocycles. The van der Waals surface area contributed by atoms with Gasteiger partial charge >= 0.3 is 0 Å². The van der Waals surface area contributed by atoms with E-state index in [0.717, 1.165) is 17.9 Å². The summed E-state index contributed by atoms with van der Waals surface area (Å²) in [7, 11) is 0. The van der Waals surface area contributed by atoms with E-state index in [1.807, 2.05) is 24.7 Å². The van der Waals surface area contributed by atoms with Crippen molar-refractivity contribution < 1.29 is 0 Å². The van der Waals surface area contributed by atoms with Gasteiger partial charge in [-0.05, 0) is 74.1 Å². The van der Waals surface area contributed by atoms with Crippen LogP contribution in [-0.4, -0.2) is 15.0 Å². The molecule has 3 heteroatoms. The zero-order chi connectivity index (χ0) is 20.3. The molecule has 0 spiro atoms. The summed E-state index contributed by atoms with van der Waals surface area (Å²) in [5.74, 6) is 4.00. The van der Waals surface area contributed by atoms with Crippen LogP contribution >= 0.6 is 0 Å². The maximum atomic E-state index is 5.48. The predicted molar refractivity (Wildman–Crippen MR) is 120 cm³/mol. The average molecular weight is 386 g/mol. The number of terminal acetylenes is 1. The molecule has 3 atom stereocenters. The third-order valence-corrected chi connectivity index (χ3v) is 7.27. The third-order valence-electron chi connectivity index (χ3n) is 7.27. The molecule has 3 heterocycles. The highest BCUT2D eigenvalue weighted by atomic mass is 14.7. The van der Waals surface area contributed by atoms with Gasteiger partial charge in [0, 0.05) is 52.4 Å². The van der Waals surface area contributed by atoms with Crippen LogP contribution in [0.15, 0.2) is 42.9 Å². The summed E-state index contributed by atoms with van der Waals surface area (Å²) in [5, 5.41) is 1.27. The van der Waals surface area contributed by atoms with Gasteiger partial charge in [0.15, 0.2) is 0 Å². The zero-order valence-corrected chi connectivity index (χ0v) is 17.6. The summed E-state index contributed by atoms with van der Waals surface area (Å²) in [6.07, 6.45) is 19.8. The Kier molecular flexibility index (Phi) is 5.72. The van der Waals surface area contributed by atoms with Gasteiger partial charge in [0.05, 0.1) is 0 Å². The number of aromatic amines is 1. The molecule has 3 aromatic heterocycles. The van der Waals surface area contributed by atoms with Gasteiger partial charge in [0.2, 0.25) is 0 Å². The maximum absolute atomic E-state index is 5.48. The Balaban J connectivity index is 1.39. The van der Waals surface area contributed by atoms with Crippen molar-refractivity contribution in [2.24, 2.45) is 11.3 Å². The summed E-state index contributed by atoms with van der Waals surface area (Å²) in [4.78, 5) is 12.6. The van der Waals surface area contributed by atoms with Crippen molar-refractivity contribution in [1.82, 2.24) is 15.0 Å². The van der Waals surface area contributed by atoms with Gasteiger partial charge in [-0.1, -0.05) is 26.2 Å². The highest BCUT2D eigenvalue weighted by molar-refractivity contribution is 5.81. The molecule has 3 nitrogen and oxygen atoms in total. The molecule has 4 rings (SSSR count). The first kappa shape index (κ1) is 19.7. The minimum atomic E-state index is 0.378. The zero-order valence-electron chi connectivity index (χ0n) is 17.6. The van der Waals surface area contributed by atoms with Crippen LogP contribution in [0, 0.1) is 23.7 Å². The normalized spacial score (nSPS) is 24.4. The van der Waals surface area contributed by atoms with Crippen molar-refractivity contribution in [2.75, 3.05) is 0 Å². The minimum Gasteiger partial charge on any atom is -0.361 e. The van der Waals surface area contributed by atoms with E-state index in [4.69, 9.17) is 6.42 Å². The summed E-state index contributed by atoms with van der Waals surface area (Å²) in [5.41, 5.74) is 4.88. The van der Waals surface area contributed by atoms with E-state index in [2.05, 4.69) is 52.9 Å². The Bertz CT molecular complexity index is 995. The van der Waals surface area contributed by atoms with Gasteiger partial charge in [-0.3, -0.25) is 9.97 Å². The van der Waals surface area contributed by atoms with Crippen LogP contribution in [0.2, 0.25) is 0 Å². The van der Waals surface area contributed by atoms with Crippen molar-refractivity contribution in [2.45, 2.75) is 64.7 Å². The number of pyridine rings is 2.